The molecule has 0 unspecified atom stereocenters. The van der Waals surface area contributed by atoms with Crippen molar-refractivity contribution in [1.29, 1.82) is 0 Å². The molecule has 2 N–H and O–H groups in total. The minimum absolute atomic E-state index is 0.134. The van der Waals surface area contributed by atoms with Crippen LogP contribution in [0.4, 0.5) is 10.2 Å². The van der Waals surface area contributed by atoms with E-state index in [9.17, 15) is 4.39 Å². The minimum atomic E-state index is -0.616. The van der Waals surface area contributed by atoms with Crippen LogP contribution in [0.1, 0.15) is 5.56 Å². The van der Waals surface area contributed by atoms with Crippen molar-refractivity contribution in [3.05, 3.63) is 35.9 Å². The summed E-state index contributed by atoms with van der Waals surface area (Å²) in [5, 5.41) is 7.68. The van der Waals surface area contributed by atoms with Gasteiger partial charge in [-0.05, 0) is 24.6 Å². The Morgan fingerprint density at radius 1 is 1.33 bits per heavy atom. The summed E-state index contributed by atoms with van der Waals surface area (Å²) >= 11 is 0. The molecule has 5 heteroatoms. The topological polar surface area (TPSA) is 64.7 Å². The molecule has 0 spiro atoms. The van der Waals surface area contributed by atoms with Gasteiger partial charge in [0.15, 0.2) is 0 Å². The summed E-state index contributed by atoms with van der Waals surface area (Å²) in [6.07, 6.45) is 1.58. The highest BCUT2D eigenvalue weighted by Gasteiger charge is 2.06. The Balaban J connectivity index is 2.59. The Morgan fingerprint density at radius 2 is 2.13 bits per heavy atom. The molecule has 0 aliphatic rings. The van der Waals surface area contributed by atoms with E-state index in [4.69, 9.17) is 5.73 Å². The molecule has 2 aromatic rings. The van der Waals surface area contributed by atoms with Crippen LogP contribution in [0, 0.1) is 12.9 Å². The average Bonchev–Trinajstić information content (AvgIpc) is 2.16. The molecule has 0 fully saturated rings. The molecule has 4 nitrogen and oxygen atoms in total. The number of aryl methyl sites for hydroxylation is 1. The van der Waals surface area contributed by atoms with Gasteiger partial charge in [-0.2, -0.15) is 14.6 Å². The summed E-state index contributed by atoms with van der Waals surface area (Å²) in [6.45, 7) is 1.87. The lowest BCUT2D eigenvalue weighted by atomic mass is 10.1. The van der Waals surface area contributed by atoms with Crippen molar-refractivity contribution in [3.63, 3.8) is 0 Å². The Kier molecular flexibility index (Phi) is 2.29. The molecule has 76 valence electrons. The van der Waals surface area contributed by atoms with E-state index in [2.05, 4.69) is 15.2 Å². The Bertz CT molecular complexity index is 478. The standard InChI is InChI=1S/C10H9FN4/c1-6-2-3-13-15-10(6)7-4-8(11)14-9(12)5-7/h2-5H,1H3,(H2,12,14). The molecule has 0 bridgehead atoms. The predicted octanol–water partition coefficient (Wildman–Crippen LogP) is 1.57. The number of nitrogens with two attached hydrogens (primary N) is 1. The molecule has 0 radical (unpaired) electrons. The molecule has 2 aromatic heterocycles. The number of hydrogen-bond donors (Lipinski definition) is 1. The van der Waals surface area contributed by atoms with Crippen LogP contribution in [0.2, 0.25) is 0 Å². The Labute approximate surface area is 86.0 Å². The van der Waals surface area contributed by atoms with Crippen LogP contribution in [0.25, 0.3) is 11.3 Å². The second kappa shape index (κ2) is 3.61. The highest BCUT2D eigenvalue weighted by atomic mass is 19.1. The SMILES string of the molecule is Cc1ccnnc1-c1cc(N)nc(F)c1. The molecular weight excluding hydrogens is 195 g/mol. The van der Waals surface area contributed by atoms with Crippen LogP contribution in [0.3, 0.4) is 0 Å². The molecule has 0 aliphatic heterocycles. The lowest BCUT2D eigenvalue weighted by Gasteiger charge is -2.03. The number of hydrogen-bond acceptors (Lipinski definition) is 4. The van der Waals surface area contributed by atoms with Gasteiger partial charge in [-0.1, -0.05) is 0 Å². The van der Waals surface area contributed by atoms with E-state index in [1.165, 1.54) is 6.07 Å². The van der Waals surface area contributed by atoms with E-state index in [1.54, 1.807) is 18.3 Å². The first-order valence-electron chi connectivity index (χ1n) is 4.38. The molecule has 0 saturated carbocycles. The number of anilines is 1. The number of halogens is 1. The maximum Gasteiger partial charge on any atom is 0.215 e. The molecule has 0 amide bonds. The number of rotatable bonds is 1. The Hall–Kier alpha value is -2.04. The van der Waals surface area contributed by atoms with E-state index in [0.29, 0.717) is 11.3 Å². The fraction of sp³-hybridized carbons (Fsp3) is 0.100. The van der Waals surface area contributed by atoms with E-state index in [0.717, 1.165) is 5.56 Å². The van der Waals surface area contributed by atoms with Crippen LogP contribution in [0.5, 0.6) is 0 Å². The van der Waals surface area contributed by atoms with Gasteiger partial charge in [0.1, 0.15) is 5.82 Å². The van der Waals surface area contributed by atoms with E-state index in [1.807, 2.05) is 6.92 Å². The smallest absolute Gasteiger partial charge is 0.215 e. The summed E-state index contributed by atoms with van der Waals surface area (Å²) in [6, 6.07) is 4.66. The van der Waals surface area contributed by atoms with Crippen LogP contribution < -0.4 is 5.73 Å². The number of nitrogen functional groups attached to an aromatic ring is 1. The van der Waals surface area contributed by atoms with Crippen molar-refractivity contribution < 1.29 is 4.39 Å². The van der Waals surface area contributed by atoms with Gasteiger partial charge in [-0.25, -0.2) is 4.98 Å². The number of nitrogens with zero attached hydrogens (tertiary/aromatic N) is 3. The maximum absolute atomic E-state index is 13.0. The third-order valence-corrected chi connectivity index (χ3v) is 2.01. The van der Waals surface area contributed by atoms with Gasteiger partial charge in [0.05, 0.1) is 5.69 Å². The van der Waals surface area contributed by atoms with Gasteiger partial charge >= 0.3 is 0 Å². The summed E-state index contributed by atoms with van der Waals surface area (Å²) in [5.74, 6) is -0.481. The third kappa shape index (κ3) is 1.90. The van der Waals surface area contributed by atoms with Crippen LogP contribution in [0.15, 0.2) is 24.4 Å². The van der Waals surface area contributed by atoms with Gasteiger partial charge in [0, 0.05) is 17.8 Å². The van der Waals surface area contributed by atoms with Crippen LogP contribution in [-0.4, -0.2) is 15.2 Å². The normalized spacial score (nSPS) is 10.3. The van der Waals surface area contributed by atoms with Gasteiger partial charge in [0.2, 0.25) is 5.95 Å². The summed E-state index contributed by atoms with van der Waals surface area (Å²) < 4.78 is 13.0. The lowest BCUT2D eigenvalue weighted by Crippen LogP contribution is -1.96. The van der Waals surface area contributed by atoms with Crippen molar-refractivity contribution in [2.75, 3.05) is 5.73 Å². The molecular formula is C10H9FN4. The summed E-state index contributed by atoms with van der Waals surface area (Å²) in [4.78, 5) is 3.45. The third-order valence-electron chi connectivity index (χ3n) is 2.01. The van der Waals surface area contributed by atoms with Crippen LogP contribution >= 0.6 is 0 Å². The summed E-state index contributed by atoms with van der Waals surface area (Å²) in [5.41, 5.74) is 7.56. The zero-order chi connectivity index (χ0) is 10.8. The first-order valence-corrected chi connectivity index (χ1v) is 4.38. The van der Waals surface area contributed by atoms with Crippen LogP contribution in [-0.2, 0) is 0 Å². The molecule has 0 atom stereocenters. The zero-order valence-corrected chi connectivity index (χ0v) is 8.11. The maximum atomic E-state index is 13.0. The van der Waals surface area contributed by atoms with Crippen molar-refractivity contribution in [3.8, 4) is 11.3 Å². The first kappa shape index (κ1) is 9.51. The molecule has 2 heterocycles. The van der Waals surface area contributed by atoms with E-state index >= 15 is 0 Å². The van der Waals surface area contributed by atoms with Crippen molar-refractivity contribution >= 4 is 5.82 Å². The van der Waals surface area contributed by atoms with E-state index < -0.39 is 5.95 Å². The lowest BCUT2D eigenvalue weighted by molar-refractivity contribution is 0.586. The Morgan fingerprint density at radius 3 is 2.80 bits per heavy atom. The highest BCUT2D eigenvalue weighted by molar-refractivity contribution is 5.64. The monoisotopic (exact) mass is 204 g/mol. The van der Waals surface area contributed by atoms with Gasteiger partial charge in [0.25, 0.3) is 0 Å². The first-order chi connectivity index (χ1) is 7.16. The average molecular weight is 204 g/mol. The predicted molar refractivity (Wildman–Crippen MR) is 54.4 cm³/mol. The zero-order valence-electron chi connectivity index (χ0n) is 8.11. The second-order valence-electron chi connectivity index (χ2n) is 3.17. The van der Waals surface area contributed by atoms with Gasteiger partial charge in [-0.3, -0.25) is 0 Å². The summed E-state index contributed by atoms with van der Waals surface area (Å²) in [7, 11) is 0. The van der Waals surface area contributed by atoms with Gasteiger partial charge in [-0.15, -0.1) is 0 Å². The van der Waals surface area contributed by atoms with Crippen molar-refractivity contribution in [2.45, 2.75) is 6.92 Å². The minimum Gasteiger partial charge on any atom is -0.384 e. The fourth-order valence-corrected chi connectivity index (χ4v) is 1.33. The number of aromatic nitrogens is 3. The second-order valence-corrected chi connectivity index (χ2v) is 3.17. The fourth-order valence-electron chi connectivity index (χ4n) is 1.33. The molecule has 0 saturated heterocycles. The van der Waals surface area contributed by atoms with Gasteiger partial charge < -0.3 is 5.73 Å². The quantitative estimate of drug-likeness (QED) is 0.716. The van der Waals surface area contributed by atoms with E-state index in [-0.39, 0.29) is 5.82 Å². The number of pyridine rings is 1. The molecule has 0 aromatic carbocycles. The largest absolute Gasteiger partial charge is 0.384 e. The molecule has 0 aliphatic carbocycles. The van der Waals surface area contributed by atoms with Crippen molar-refractivity contribution in [2.24, 2.45) is 0 Å². The highest BCUT2D eigenvalue weighted by Crippen LogP contribution is 2.21. The molecule has 15 heavy (non-hydrogen) atoms. The molecule has 2 rings (SSSR count). The van der Waals surface area contributed by atoms with Crippen molar-refractivity contribution in [1.82, 2.24) is 15.2 Å².